The topological polar surface area (TPSA) is 124 Å². The minimum absolute atomic E-state index is 0.0608. The smallest absolute Gasteiger partial charge is 0.343 e. The van der Waals surface area contributed by atoms with Crippen LogP contribution in [-0.2, 0) is 9.59 Å². The molecule has 0 aromatic heterocycles. The number of anilines is 4. The van der Waals surface area contributed by atoms with Gasteiger partial charge in [-0.25, -0.2) is 9.59 Å². The number of ether oxygens (including phenoxy) is 4. The highest BCUT2D eigenvalue weighted by atomic mass is 32.2. The van der Waals surface area contributed by atoms with Crippen LogP contribution >= 0.6 is 23.5 Å². The van der Waals surface area contributed by atoms with E-state index in [1.54, 1.807) is 12.1 Å². The van der Waals surface area contributed by atoms with Crippen LogP contribution in [0.3, 0.4) is 0 Å². The van der Waals surface area contributed by atoms with Crippen molar-refractivity contribution in [3.63, 3.8) is 0 Å². The van der Waals surface area contributed by atoms with E-state index in [1.807, 2.05) is 88.9 Å². The second-order valence-corrected chi connectivity index (χ2v) is 16.9. The van der Waals surface area contributed by atoms with Crippen LogP contribution in [0.25, 0.3) is 0 Å². The standard InChI is InChI=1S/C42H50N4O8S2/c1-25(21-43(3)4)23-45-27-13-9-11-15-31(27)55-33-19-17-29(51-7)39(35(33)45)53-41(49)37(47)38(48)42(50)54-40-30(52-8)18-20-34-36(40)46(24-26(2)22-44(5)6)28-14-10-12-16-32(28)56-34/h9-20,25-26,37-38,47-48H,21-24H2,1-8H3. The molecule has 0 saturated heterocycles. The molecule has 4 atom stereocenters. The maximum atomic E-state index is 13.8. The Balaban J connectivity index is 1.29. The summed E-state index contributed by atoms with van der Waals surface area (Å²) in [6.07, 6.45) is -4.60. The number of aliphatic hydroxyl groups excluding tert-OH is 2. The summed E-state index contributed by atoms with van der Waals surface area (Å²) in [5, 5.41) is 22.5. The van der Waals surface area contributed by atoms with E-state index < -0.39 is 24.1 Å². The van der Waals surface area contributed by atoms with Crippen molar-refractivity contribution in [2.24, 2.45) is 11.8 Å². The molecule has 4 unspecified atom stereocenters. The second-order valence-electron chi connectivity index (χ2n) is 14.7. The Morgan fingerprint density at radius 1 is 0.607 bits per heavy atom. The van der Waals surface area contributed by atoms with Crippen molar-refractivity contribution in [3.05, 3.63) is 72.8 Å². The van der Waals surface area contributed by atoms with E-state index in [-0.39, 0.29) is 34.8 Å². The number of nitrogens with zero attached hydrogens (tertiary/aromatic N) is 4. The zero-order chi connectivity index (χ0) is 40.3. The molecule has 2 aliphatic heterocycles. The molecule has 2 N–H and O–H groups in total. The van der Waals surface area contributed by atoms with E-state index in [0.29, 0.717) is 24.5 Å². The molecule has 0 spiro atoms. The van der Waals surface area contributed by atoms with Gasteiger partial charge in [0.1, 0.15) is 11.4 Å². The van der Waals surface area contributed by atoms with Gasteiger partial charge in [0.25, 0.3) is 0 Å². The third kappa shape index (κ3) is 8.75. The molecule has 12 nitrogen and oxygen atoms in total. The SMILES string of the molecule is COc1ccc2c(c1OC(=O)C(O)C(O)C(=O)Oc1c(OC)ccc3c1N(CC(C)CN(C)C)c1ccccc1S3)N(CC(C)CN(C)C)c1ccccc1S2. The van der Waals surface area contributed by atoms with Crippen LogP contribution in [0.5, 0.6) is 23.0 Å². The van der Waals surface area contributed by atoms with Gasteiger partial charge in [0.05, 0.1) is 25.6 Å². The van der Waals surface area contributed by atoms with Crippen LogP contribution in [0, 0.1) is 11.8 Å². The third-order valence-corrected chi connectivity index (χ3v) is 11.6. The fraction of sp³-hybridized carbons (Fsp3) is 0.381. The first-order valence-corrected chi connectivity index (χ1v) is 20.0. The normalized spacial score (nSPS) is 15.2. The van der Waals surface area contributed by atoms with E-state index in [4.69, 9.17) is 18.9 Å². The predicted octanol–water partition coefficient (Wildman–Crippen LogP) is 6.54. The summed E-state index contributed by atoms with van der Waals surface area (Å²) in [5.74, 6) is -1.50. The van der Waals surface area contributed by atoms with Gasteiger partial charge in [0.15, 0.2) is 35.2 Å². The van der Waals surface area contributed by atoms with Crippen molar-refractivity contribution in [1.29, 1.82) is 0 Å². The molecule has 14 heteroatoms. The number of carbonyl (C=O) groups excluding carboxylic acids is 2. The molecule has 6 rings (SSSR count). The van der Waals surface area contributed by atoms with E-state index in [0.717, 1.165) is 44.0 Å². The van der Waals surface area contributed by atoms with Gasteiger partial charge in [0.2, 0.25) is 0 Å². The quantitative estimate of drug-likeness (QED) is 0.0999. The lowest BCUT2D eigenvalue weighted by Crippen LogP contribution is -2.44. The number of hydrogen-bond acceptors (Lipinski definition) is 14. The van der Waals surface area contributed by atoms with E-state index in [9.17, 15) is 19.8 Å². The highest BCUT2D eigenvalue weighted by Gasteiger charge is 2.39. The summed E-state index contributed by atoms with van der Waals surface area (Å²) in [6.45, 7) is 7.05. The fourth-order valence-electron chi connectivity index (χ4n) is 7.22. The van der Waals surface area contributed by atoms with Crippen LogP contribution in [-0.4, -0.2) is 113 Å². The van der Waals surface area contributed by atoms with E-state index in [2.05, 4.69) is 33.4 Å². The molecular formula is C42H50N4O8S2. The summed E-state index contributed by atoms with van der Waals surface area (Å²) in [4.78, 5) is 39.6. The molecule has 2 heterocycles. The highest BCUT2D eigenvalue weighted by Crippen LogP contribution is 2.56. The largest absolute Gasteiger partial charge is 0.493 e. The number of methoxy groups -OCH3 is 2. The number of esters is 2. The predicted molar refractivity (Wildman–Crippen MR) is 220 cm³/mol. The molecule has 4 aromatic carbocycles. The lowest BCUT2D eigenvalue weighted by Gasteiger charge is -2.36. The zero-order valence-corrected chi connectivity index (χ0v) is 34.6. The number of hydrogen-bond donors (Lipinski definition) is 2. The molecule has 298 valence electrons. The minimum atomic E-state index is -2.30. The molecule has 0 saturated carbocycles. The van der Waals surface area contributed by atoms with Gasteiger partial charge >= 0.3 is 11.9 Å². The first-order chi connectivity index (χ1) is 26.8. The molecule has 56 heavy (non-hydrogen) atoms. The van der Waals surface area contributed by atoms with Crippen molar-refractivity contribution in [2.45, 2.75) is 45.6 Å². The Labute approximate surface area is 337 Å². The number of aliphatic hydroxyl groups is 2. The summed E-state index contributed by atoms with van der Waals surface area (Å²) >= 11 is 3.04. The Kier molecular flexibility index (Phi) is 13.1. The number of rotatable bonds is 15. The van der Waals surface area contributed by atoms with Crippen LogP contribution in [0.4, 0.5) is 22.7 Å². The van der Waals surface area contributed by atoms with Crippen LogP contribution in [0.1, 0.15) is 13.8 Å². The Morgan fingerprint density at radius 2 is 0.982 bits per heavy atom. The number of fused-ring (bicyclic) bond motifs is 4. The number of carbonyl (C=O) groups is 2. The average molecular weight is 803 g/mol. The van der Waals surface area contributed by atoms with Crippen LogP contribution < -0.4 is 28.7 Å². The lowest BCUT2D eigenvalue weighted by molar-refractivity contribution is -0.162. The highest BCUT2D eigenvalue weighted by molar-refractivity contribution is 8.00. The van der Waals surface area contributed by atoms with Crippen molar-refractivity contribution in [1.82, 2.24) is 9.80 Å². The minimum Gasteiger partial charge on any atom is -0.493 e. The molecule has 0 amide bonds. The molecule has 0 bridgehead atoms. The lowest BCUT2D eigenvalue weighted by atomic mass is 10.1. The summed E-state index contributed by atoms with van der Waals surface area (Å²) in [7, 11) is 11.0. The van der Waals surface area contributed by atoms with E-state index in [1.165, 1.54) is 37.7 Å². The Morgan fingerprint density at radius 3 is 1.34 bits per heavy atom. The molecule has 0 fully saturated rings. The summed E-state index contributed by atoms with van der Waals surface area (Å²) in [5.41, 5.74) is 3.02. The van der Waals surface area contributed by atoms with Gasteiger partial charge in [-0.2, -0.15) is 0 Å². The van der Waals surface area contributed by atoms with Crippen molar-refractivity contribution < 1.29 is 38.7 Å². The maximum Gasteiger partial charge on any atom is 0.343 e. The third-order valence-electron chi connectivity index (χ3n) is 9.38. The Hall–Kier alpha value is -4.44. The molecule has 4 aromatic rings. The van der Waals surface area contributed by atoms with E-state index >= 15 is 0 Å². The summed E-state index contributed by atoms with van der Waals surface area (Å²) in [6, 6.07) is 23.1. The van der Waals surface area contributed by atoms with Crippen LogP contribution in [0.2, 0.25) is 0 Å². The first kappa shape index (κ1) is 41.2. The van der Waals surface area contributed by atoms with Crippen molar-refractivity contribution >= 4 is 58.2 Å². The number of benzene rings is 4. The van der Waals surface area contributed by atoms with Crippen molar-refractivity contribution in [2.75, 3.05) is 78.4 Å². The van der Waals surface area contributed by atoms with Crippen molar-refractivity contribution in [3.8, 4) is 23.0 Å². The number of para-hydroxylation sites is 2. The van der Waals surface area contributed by atoms with Gasteiger partial charge in [-0.1, -0.05) is 61.6 Å². The average Bonchev–Trinajstić information content (AvgIpc) is 3.16. The zero-order valence-electron chi connectivity index (χ0n) is 33.0. The van der Waals surface area contributed by atoms with Gasteiger partial charge in [0, 0.05) is 45.8 Å². The van der Waals surface area contributed by atoms with Gasteiger partial charge in [-0.05, 0) is 88.6 Å². The molecular weight excluding hydrogens is 753 g/mol. The maximum absolute atomic E-state index is 13.8. The molecule has 0 aliphatic carbocycles. The fourth-order valence-corrected chi connectivity index (χ4v) is 9.42. The summed E-state index contributed by atoms with van der Waals surface area (Å²) < 4.78 is 23.1. The second kappa shape index (κ2) is 17.8. The van der Waals surface area contributed by atoms with Gasteiger partial charge in [-0.15, -0.1) is 0 Å². The Bertz CT molecular complexity index is 1920. The van der Waals surface area contributed by atoms with Crippen LogP contribution in [0.15, 0.2) is 92.4 Å². The van der Waals surface area contributed by atoms with Gasteiger partial charge in [-0.3, -0.25) is 0 Å². The van der Waals surface area contributed by atoms with Gasteiger partial charge < -0.3 is 48.8 Å². The first-order valence-electron chi connectivity index (χ1n) is 18.4. The monoisotopic (exact) mass is 802 g/mol. The molecule has 0 radical (unpaired) electrons. The molecule has 2 aliphatic rings.